The first kappa shape index (κ1) is 11.6. The minimum Gasteiger partial charge on any atom is -0.379 e. The largest absolute Gasteiger partial charge is 0.379 e. The second-order valence-corrected chi connectivity index (χ2v) is 4.43. The smallest absolute Gasteiger partial charge is 0.0594 e. The molecule has 1 heterocycles. The fraction of sp³-hybridized carbons (Fsp3) is 0.538. The Hall–Kier alpha value is -0.900. The van der Waals surface area contributed by atoms with E-state index in [4.69, 9.17) is 10.5 Å². The van der Waals surface area contributed by atoms with Crippen molar-refractivity contribution < 1.29 is 4.74 Å². The molecule has 0 radical (unpaired) electrons. The van der Waals surface area contributed by atoms with E-state index in [1.807, 2.05) is 0 Å². The second kappa shape index (κ2) is 5.43. The zero-order valence-electron chi connectivity index (χ0n) is 9.86. The van der Waals surface area contributed by atoms with Gasteiger partial charge in [-0.3, -0.25) is 4.90 Å². The molecular weight excluding hydrogens is 200 g/mol. The highest BCUT2D eigenvalue weighted by Gasteiger charge is 2.14. The summed E-state index contributed by atoms with van der Waals surface area (Å²) >= 11 is 0. The van der Waals surface area contributed by atoms with Crippen LogP contribution in [0.25, 0.3) is 0 Å². The van der Waals surface area contributed by atoms with E-state index < -0.39 is 0 Å². The lowest BCUT2D eigenvalue weighted by atomic mass is 10.1. The maximum atomic E-state index is 6.19. The molecule has 1 aliphatic rings. The summed E-state index contributed by atoms with van der Waals surface area (Å²) in [5.41, 5.74) is 8.69. The molecule has 3 nitrogen and oxygen atoms in total. The Morgan fingerprint density at radius 3 is 2.50 bits per heavy atom. The molecule has 1 unspecified atom stereocenters. The third kappa shape index (κ3) is 3.04. The van der Waals surface area contributed by atoms with Crippen LogP contribution in [0.2, 0.25) is 0 Å². The lowest BCUT2D eigenvalue weighted by Gasteiger charge is -2.29. The van der Waals surface area contributed by atoms with Crippen LogP contribution >= 0.6 is 0 Å². The van der Waals surface area contributed by atoms with Crippen LogP contribution < -0.4 is 5.73 Å². The van der Waals surface area contributed by atoms with Crippen molar-refractivity contribution >= 4 is 0 Å². The average molecular weight is 220 g/mol. The van der Waals surface area contributed by atoms with Gasteiger partial charge in [0.25, 0.3) is 0 Å². The second-order valence-electron chi connectivity index (χ2n) is 4.43. The van der Waals surface area contributed by atoms with E-state index in [-0.39, 0.29) is 6.04 Å². The quantitative estimate of drug-likeness (QED) is 0.835. The summed E-state index contributed by atoms with van der Waals surface area (Å²) in [5.74, 6) is 0. The summed E-state index contributed by atoms with van der Waals surface area (Å²) in [6.45, 7) is 6.68. The van der Waals surface area contributed by atoms with Gasteiger partial charge in [0.05, 0.1) is 13.2 Å². The normalized spacial score (nSPS) is 19.6. The minimum atomic E-state index is 0.110. The van der Waals surface area contributed by atoms with Crippen molar-refractivity contribution in [3.63, 3.8) is 0 Å². The van der Waals surface area contributed by atoms with Gasteiger partial charge >= 0.3 is 0 Å². The van der Waals surface area contributed by atoms with Crippen LogP contribution in [-0.2, 0) is 4.74 Å². The molecule has 1 aliphatic heterocycles. The molecule has 0 saturated carbocycles. The van der Waals surface area contributed by atoms with Gasteiger partial charge in [-0.25, -0.2) is 0 Å². The molecule has 16 heavy (non-hydrogen) atoms. The summed E-state index contributed by atoms with van der Waals surface area (Å²) in [6, 6.07) is 8.60. The van der Waals surface area contributed by atoms with Gasteiger partial charge in [0.1, 0.15) is 0 Å². The fourth-order valence-corrected chi connectivity index (χ4v) is 1.98. The summed E-state index contributed by atoms with van der Waals surface area (Å²) in [6.07, 6.45) is 0. The van der Waals surface area contributed by atoms with Gasteiger partial charge in [0.2, 0.25) is 0 Å². The van der Waals surface area contributed by atoms with Crippen molar-refractivity contribution in [1.82, 2.24) is 4.90 Å². The topological polar surface area (TPSA) is 38.5 Å². The third-order valence-corrected chi connectivity index (χ3v) is 3.06. The zero-order valence-corrected chi connectivity index (χ0v) is 9.86. The van der Waals surface area contributed by atoms with E-state index in [9.17, 15) is 0 Å². The average Bonchev–Trinajstić information content (AvgIpc) is 2.31. The Bertz CT molecular complexity index is 317. The van der Waals surface area contributed by atoms with Crippen molar-refractivity contribution in [2.75, 3.05) is 32.8 Å². The number of aryl methyl sites for hydroxylation is 1. The van der Waals surface area contributed by atoms with Crippen LogP contribution in [0.5, 0.6) is 0 Å². The maximum Gasteiger partial charge on any atom is 0.0594 e. The van der Waals surface area contributed by atoms with Gasteiger partial charge in [-0.15, -0.1) is 0 Å². The van der Waals surface area contributed by atoms with Crippen molar-refractivity contribution in [2.45, 2.75) is 13.0 Å². The fourth-order valence-electron chi connectivity index (χ4n) is 1.98. The standard InChI is InChI=1S/C13H20N2O/c1-11-2-4-12(5-3-11)13(14)10-15-6-8-16-9-7-15/h2-5,13H,6-10,14H2,1H3. The number of benzene rings is 1. The Balaban J connectivity index is 1.91. The van der Waals surface area contributed by atoms with Crippen LogP contribution in [0.3, 0.4) is 0 Å². The maximum absolute atomic E-state index is 6.19. The van der Waals surface area contributed by atoms with Gasteiger partial charge in [0, 0.05) is 25.7 Å². The Kier molecular flexibility index (Phi) is 3.93. The molecule has 0 aliphatic carbocycles. The number of nitrogens with zero attached hydrogens (tertiary/aromatic N) is 1. The van der Waals surface area contributed by atoms with Crippen LogP contribution in [0.1, 0.15) is 17.2 Å². The van der Waals surface area contributed by atoms with Crippen LogP contribution in [-0.4, -0.2) is 37.7 Å². The number of hydrogen-bond acceptors (Lipinski definition) is 3. The van der Waals surface area contributed by atoms with Crippen molar-refractivity contribution in [2.24, 2.45) is 5.73 Å². The Morgan fingerprint density at radius 1 is 1.25 bits per heavy atom. The zero-order chi connectivity index (χ0) is 11.4. The first-order valence-electron chi connectivity index (χ1n) is 5.88. The van der Waals surface area contributed by atoms with Gasteiger partial charge in [-0.05, 0) is 12.5 Å². The van der Waals surface area contributed by atoms with E-state index in [0.29, 0.717) is 0 Å². The van der Waals surface area contributed by atoms with E-state index in [2.05, 4.69) is 36.1 Å². The molecule has 1 fully saturated rings. The number of ether oxygens (including phenoxy) is 1. The lowest BCUT2D eigenvalue weighted by molar-refractivity contribution is 0.0352. The SMILES string of the molecule is Cc1ccc(C(N)CN2CCOCC2)cc1. The number of morpholine rings is 1. The highest BCUT2D eigenvalue weighted by Crippen LogP contribution is 2.13. The predicted octanol–water partition coefficient (Wildman–Crippen LogP) is 1.33. The molecule has 0 aromatic heterocycles. The van der Waals surface area contributed by atoms with Gasteiger partial charge < -0.3 is 10.5 Å². The van der Waals surface area contributed by atoms with E-state index in [1.54, 1.807) is 0 Å². The highest BCUT2D eigenvalue weighted by atomic mass is 16.5. The molecule has 0 bridgehead atoms. The molecule has 1 aromatic rings. The van der Waals surface area contributed by atoms with Crippen molar-refractivity contribution in [1.29, 1.82) is 0 Å². The lowest BCUT2D eigenvalue weighted by Crippen LogP contribution is -2.40. The number of hydrogen-bond donors (Lipinski definition) is 1. The van der Waals surface area contributed by atoms with Gasteiger partial charge in [-0.1, -0.05) is 29.8 Å². The molecule has 2 N–H and O–H groups in total. The van der Waals surface area contributed by atoms with Gasteiger partial charge in [-0.2, -0.15) is 0 Å². The van der Waals surface area contributed by atoms with Gasteiger partial charge in [0.15, 0.2) is 0 Å². The first-order chi connectivity index (χ1) is 7.75. The Labute approximate surface area is 97.2 Å². The Morgan fingerprint density at radius 2 is 1.88 bits per heavy atom. The molecule has 1 saturated heterocycles. The van der Waals surface area contributed by atoms with Crippen LogP contribution in [0.15, 0.2) is 24.3 Å². The third-order valence-electron chi connectivity index (χ3n) is 3.06. The number of rotatable bonds is 3. The summed E-state index contributed by atoms with van der Waals surface area (Å²) in [7, 11) is 0. The molecule has 2 rings (SSSR count). The molecule has 88 valence electrons. The molecule has 0 amide bonds. The van der Waals surface area contributed by atoms with E-state index in [0.717, 1.165) is 32.8 Å². The van der Waals surface area contributed by atoms with E-state index >= 15 is 0 Å². The van der Waals surface area contributed by atoms with Crippen molar-refractivity contribution in [3.8, 4) is 0 Å². The molecular formula is C13H20N2O. The highest BCUT2D eigenvalue weighted by molar-refractivity contribution is 5.24. The molecule has 1 aromatic carbocycles. The predicted molar refractivity (Wildman–Crippen MR) is 65.4 cm³/mol. The van der Waals surface area contributed by atoms with Crippen LogP contribution in [0, 0.1) is 6.92 Å². The summed E-state index contributed by atoms with van der Waals surface area (Å²) < 4.78 is 5.32. The summed E-state index contributed by atoms with van der Waals surface area (Å²) in [4.78, 5) is 2.37. The number of nitrogens with two attached hydrogens (primary N) is 1. The molecule has 3 heteroatoms. The minimum absolute atomic E-state index is 0.110. The van der Waals surface area contributed by atoms with Crippen LogP contribution in [0.4, 0.5) is 0 Å². The van der Waals surface area contributed by atoms with Crippen molar-refractivity contribution in [3.05, 3.63) is 35.4 Å². The monoisotopic (exact) mass is 220 g/mol. The molecule has 1 atom stereocenters. The first-order valence-corrected chi connectivity index (χ1v) is 5.88. The van der Waals surface area contributed by atoms with E-state index in [1.165, 1.54) is 11.1 Å². The molecule has 0 spiro atoms. The summed E-state index contributed by atoms with van der Waals surface area (Å²) in [5, 5.41) is 0.